The van der Waals surface area contributed by atoms with E-state index in [1.807, 2.05) is 37.3 Å². The lowest BCUT2D eigenvalue weighted by molar-refractivity contribution is -0.385. The van der Waals surface area contributed by atoms with Crippen LogP contribution in [0.15, 0.2) is 72.8 Å². The monoisotopic (exact) mass is 433 g/mol. The molecule has 2 N–H and O–H groups in total. The summed E-state index contributed by atoms with van der Waals surface area (Å²) in [4.78, 5) is 36.4. The highest BCUT2D eigenvalue weighted by atomic mass is 16.6. The van der Waals surface area contributed by atoms with Crippen LogP contribution in [0.3, 0.4) is 0 Å². The zero-order valence-electron chi connectivity index (χ0n) is 17.7. The van der Waals surface area contributed by atoms with Crippen LogP contribution in [0.1, 0.15) is 46.2 Å². The highest BCUT2D eigenvalue weighted by Gasteiger charge is 2.20. The number of carbonyl (C=O) groups excluding carboxylic acids is 2. The second kappa shape index (κ2) is 10.2. The Hall–Kier alpha value is -4.20. The molecule has 1 atom stereocenters. The van der Waals surface area contributed by atoms with Gasteiger partial charge in [-0.05, 0) is 43.7 Å². The summed E-state index contributed by atoms with van der Waals surface area (Å²) >= 11 is 0. The van der Waals surface area contributed by atoms with Crippen LogP contribution >= 0.6 is 0 Å². The quantitative estimate of drug-likeness (QED) is 0.394. The maximum atomic E-state index is 12.9. The Morgan fingerprint density at radius 2 is 1.69 bits per heavy atom. The number of nitro groups is 1. The molecule has 8 nitrogen and oxygen atoms in total. The molecule has 3 rings (SSSR count). The largest absolute Gasteiger partial charge is 0.487 e. The van der Waals surface area contributed by atoms with E-state index in [1.165, 1.54) is 12.1 Å². The number of nitrogens with one attached hydrogen (secondary N) is 2. The molecule has 0 saturated heterocycles. The van der Waals surface area contributed by atoms with E-state index in [2.05, 4.69) is 10.6 Å². The molecule has 0 saturated carbocycles. The fraction of sp³-hybridized carbons (Fsp3) is 0.167. The van der Waals surface area contributed by atoms with E-state index < -0.39 is 10.8 Å². The predicted molar refractivity (Wildman–Crippen MR) is 121 cm³/mol. The first kappa shape index (κ1) is 22.5. The van der Waals surface area contributed by atoms with Gasteiger partial charge in [-0.15, -0.1) is 0 Å². The van der Waals surface area contributed by atoms with Crippen LogP contribution in [0, 0.1) is 10.1 Å². The van der Waals surface area contributed by atoms with Crippen molar-refractivity contribution in [3.63, 3.8) is 0 Å². The molecular formula is C24H23N3O5. The molecule has 164 valence electrons. The topological polar surface area (TPSA) is 111 Å². The fourth-order valence-corrected chi connectivity index (χ4v) is 3.16. The van der Waals surface area contributed by atoms with Crippen LogP contribution in [-0.4, -0.2) is 23.3 Å². The van der Waals surface area contributed by atoms with E-state index in [9.17, 15) is 19.7 Å². The molecule has 0 bridgehead atoms. The van der Waals surface area contributed by atoms with E-state index in [-0.39, 0.29) is 41.1 Å². The average Bonchev–Trinajstić information content (AvgIpc) is 2.80. The second-order valence-corrected chi connectivity index (χ2v) is 6.98. The highest BCUT2D eigenvalue weighted by Crippen LogP contribution is 2.28. The summed E-state index contributed by atoms with van der Waals surface area (Å²) in [7, 11) is 0. The minimum atomic E-state index is -0.603. The minimum Gasteiger partial charge on any atom is -0.487 e. The molecule has 1 unspecified atom stereocenters. The lowest BCUT2D eigenvalue weighted by Crippen LogP contribution is -2.28. The molecule has 3 aromatic carbocycles. The zero-order valence-corrected chi connectivity index (χ0v) is 17.7. The van der Waals surface area contributed by atoms with Gasteiger partial charge in [0.1, 0.15) is 0 Å². The molecule has 0 aromatic heterocycles. The molecule has 2 amide bonds. The number of hydrogen-bond donors (Lipinski definition) is 2. The maximum absolute atomic E-state index is 12.9. The number of hydrogen-bond acceptors (Lipinski definition) is 5. The molecule has 0 spiro atoms. The van der Waals surface area contributed by atoms with Gasteiger partial charge in [0, 0.05) is 11.6 Å². The van der Waals surface area contributed by atoms with Gasteiger partial charge in [0.15, 0.2) is 5.75 Å². The van der Waals surface area contributed by atoms with Gasteiger partial charge >= 0.3 is 5.69 Å². The van der Waals surface area contributed by atoms with Crippen molar-refractivity contribution >= 4 is 23.2 Å². The van der Waals surface area contributed by atoms with Crippen LogP contribution in [0.2, 0.25) is 0 Å². The van der Waals surface area contributed by atoms with Crippen LogP contribution in [0.4, 0.5) is 11.4 Å². The lowest BCUT2D eigenvalue weighted by Gasteiger charge is -2.16. The van der Waals surface area contributed by atoms with Crippen LogP contribution < -0.4 is 15.4 Å². The number of para-hydroxylation sites is 1. The number of nitrogens with zero attached hydrogens (tertiary/aromatic N) is 1. The van der Waals surface area contributed by atoms with Crippen molar-refractivity contribution in [1.82, 2.24) is 5.32 Å². The summed E-state index contributed by atoms with van der Waals surface area (Å²) < 4.78 is 5.25. The number of nitro benzene ring substituents is 1. The Balaban J connectivity index is 1.80. The first-order chi connectivity index (χ1) is 15.4. The van der Waals surface area contributed by atoms with Gasteiger partial charge in [0.05, 0.1) is 28.8 Å². The van der Waals surface area contributed by atoms with Crippen molar-refractivity contribution in [2.24, 2.45) is 0 Å². The number of carbonyl (C=O) groups is 2. The van der Waals surface area contributed by atoms with Gasteiger partial charge in [0.25, 0.3) is 11.8 Å². The van der Waals surface area contributed by atoms with E-state index in [1.54, 1.807) is 31.2 Å². The van der Waals surface area contributed by atoms with Gasteiger partial charge in [0.2, 0.25) is 0 Å². The van der Waals surface area contributed by atoms with E-state index >= 15 is 0 Å². The highest BCUT2D eigenvalue weighted by molar-refractivity contribution is 6.09. The van der Waals surface area contributed by atoms with Crippen molar-refractivity contribution in [2.75, 3.05) is 11.9 Å². The Morgan fingerprint density at radius 3 is 2.38 bits per heavy atom. The summed E-state index contributed by atoms with van der Waals surface area (Å²) in [5.74, 6) is -0.842. The summed E-state index contributed by atoms with van der Waals surface area (Å²) in [6.07, 6.45) is 0. The fourth-order valence-electron chi connectivity index (χ4n) is 3.16. The summed E-state index contributed by atoms with van der Waals surface area (Å²) in [5.41, 5.74) is 1.30. The van der Waals surface area contributed by atoms with Crippen molar-refractivity contribution in [1.29, 1.82) is 0 Å². The third-order valence-electron chi connectivity index (χ3n) is 4.78. The number of rotatable bonds is 8. The third kappa shape index (κ3) is 5.28. The molecule has 0 aliphatic rings. The van der Waals surface area contributed by atoms with Crippen LogP contribution in [0.5, 0.6) is 5.75 Å². The van der Waals surface area contributed by atoms with Crippen LogP contribution in [-0.2, 0) is 0 Å². The van der Waals surface area contributed by atoms with Gasteiger partial charge in [-0.1, -0.05) is 42.5 Å². The third-order valence-corrected chi connectivity index (χ3v) is 4.78. The normalized spacial score (nSPS) is 11.3. The van der Waals surface area contributed by atoms with Crippen LogP contribution in [0.25, 0.3) is 0 Å². The lowest BCUT2D eigenvalue weighted by atomic mass is 10.1. The SMILES string of the molecule is CCOc1ccc(C(=O)Nc2ccccc2C(=O)NC(C)c2ccccc2)cc1[N+](=O)[O-]. The van der Waals surface area contributed by atoms with Crippen molar-refractivity contribution in [2.45, 2.75) is 19.9 Å². The Morgan fingerprint density at radius 1 is 1.00 bits per heavy atom. The van der Waals surface area contributed by atoms with Gasteiger partial charge < -0.3 is 15.4 Å². The number of ether oxygens (including phenoxy) is 1. The van der Waals surface area contributed by atoms with Crippen molar-refractivity contribution < 1.29 is 19.2 Å². The Bertz CT molecular complexity index is 1130. The van der Waals surface area contributed by atoms with E-state index in [0.29, 0.717) is 5.69 Å². The number of anilines is 1. The Kier molecular flexibility index (Phi) is 7.17. The smallest absolute Gasteiger partial charge is 0.311 e. The maximum Gasteiger partial charge on any atom is 0.311 e. The first-order valence-corrected chi connectivity index (χ1v) is 10.1. The standard InChI is InChI=1S/C24H23N3O5/c1-3-32-22-14-13-18(15-21(22)27(30)31)23(28)26-20-12-8-7-11-19(20)24(29)25-16(2)17-9-5-4-6-10-17/h4-16H,3H2,1-2H3,(H,25,29)(H,26,28). The molecule has 0 aliphatic carbocycles. The molecule has 32 heavy (non-hydrogen) atoms. The molecule has 3 aromatic rings. The van der Waals surface area contributed by atoms with Crippen molar-refractivity contribution in [3.8, 4) is 5.75 Å². The summed E-state index contributed by atoms with van der Waals surface area (Å²) in [6, 6.07) is 19.8. The van der Waals surface area contributed by atoms with E-state index in [0.717, 1.165) is 11.6 Å². The number of amides is 2. The molecule has 8 heteroatoms. The van der Waals surface area contributed by atoms with E-state index in [4.69, 9.17) is 4.74 Å². The molecule has 0 heterocycles. The van der Waals surface area contributed by atoms with Gasteiger partial charge in [-0.25, -0.2) is 0 Å². The second-order valence-electron chi connectivity index (χ2n) is 6.98. The predicted octanol–water partition coefficient (Wildman–Crippen LogP) is 4.74. The van der Waals surface area contributed by atoms with Gasteiger partial charge in [-0.2, -0.15) is 0 Å². The number of benzene rings is 3. The average molecular weight is 433 g/mol. The summed E-state index contributed by atoms with van der Waals surface area (Å²) in [6.45, 7) is 3.84. The zero-order chi connectivity index (χ0) is 23.1. The van der Waals surface area contributed by atoms with Gasteiger partial charge in [-0.3, -0.25) is 19.7 Å². The van der Waals surface area contributed by atoms with Crippen molar-refractivity contribution in [3.05, 3.63) is 99.6 Å². The molecule has 0 radical (unpaired) electrons. The molecule has 0 aliphatic heterocycles. The molecule has 0 fully saturated rings. The first-order valence-electron chi connectivity index (χ1n) is 10.1. The Labute approximate surface area is 185 Å². The minimum absolute atomic E-state index is 0.0769. The summed E-state index contributed by atoms with van der Waals surface area (Å²) in [5, 5.41) is 16.9. The molecular weight excluding hydrogens is 410 g/mol.